The number of allylic oxidation sites excluding steroid dienone is 1. The molecular formula is C50H97NO5. The number of nitrogens with one attached hydrogen (secondary N) is 1. The number of carbonyl (C=O) groups excluding carboxylic acids is 2. The van der Waals surface area contributed by atoms with E-state index in [0.29, 0.717) is 19.4 Å². The molecule has 0 radical (unpaired) electrons. The molecule has 0 aliphatic heterocycles. The molecule has 0 rings (SSSR count). The highest BCUT2D eigenvalue weighted by molar-refractivity contribution is 5.76. The fraction of sp³-hybridized carbons (Fsp3) is 0.920. The van der Waals surface area contributed by atoms with Gasteiger partial charge in [0.2, 0.25) is 5.91 Å². The van der Waals surface area contributed by atoms with E-state index in [4.69, 9.17) is 4.74 Å². The SMILES string of the molecule is CCCCCCCCCCCCCCCCC/C=C/C(O)C(CO)NC(=O)CCCCCCCCCCCCCOC(=O)CCCCCCCCCCCCC. The maximum absolute atomic E-state index is 12.4. The first kappa shape index (κ1) is 54.6. The van der Waals surface area contributed by atoms with Crippen LogP contribution >= 0.6 is 0 Å². The molecule has 0 aromatic heterocycles. The van der Waals surface area contributed by atoms with Gasteiger partial charge in [0.15, 0.2) is 0 Å². The maximum atomic E-state index is 12.4. The average molecular weight is 792 g/mol. The van der Waals surface area contributed by atoms with E-state index in [1.165, 1.54) is 186 Å². The molecule has 6 nitrogen and oxygen atoms in total. The first-order chi connectivity index (χ1) is 27.5. The lowest BCUT2D eigenvalue weighted by atomic mass is 10.0. The largest absolute Gasteiger partial charge is 0.466 e. The number of aliphatic hydroxyl groups is 2. The molecule has 0 aromatic rings. The van der Waals surface area contributed by atoms with E-state index >= 15 is 0 Å². The Bertz CT molecular complexity index is 832. The summed E-state index contributed by atoms with van der Waals surface area (Å²) >= 11 is 0. The predicted octanol–water partition coefficient (Wildman–Crippen LogP) is 14.6. The van der Waals surface area contributed by atoms with E-state index in [0.717, 1.165) is 57.8 Å². The van der Waals surface area contributed by atoms with Crippen LogP contribution in [0.4, 0.5) is 0 Å². The first-order valence-corrected chi connectivity index (χ1v) is 25.0. The van der Waals surface area contributed by atoms with Crippen LogP contribution in [0.3, 0.4) is 0 Å². The van der Waals surface area contributed by atoms with E-state index in [1.807, 2.05) is 6.08 Å². The van der Waals surface area contributed by atoms with Crippen LogP contribution in [0.1, 0.15) is 271 Å². The molecule has 6 heteroatoms. The van der Waals surface area contributed by atoms with Crippen molar-refractivity contribution in [3.63, 3.8) is 0 Å². The number of hydrogen-bond acceptors (Lipinski definition) is 5. The van der Waals surface area contributed by atoms with E-state index in [-0.39, 0.29) is 18.5 Å². The third-order valence-corrected chi connectivity index (χ3v) is 11.6. The van der Waals surface area contributed by atoms with Crippen LogP contribution in [0.5, 0.6) is 0 Å². The molecular weight excluding hydrogens is 695 g/mol. The average Bonchev–Trinajstić information content (AvgIpc) is 3.20. The van der Waals surface area contributed by atoms with Gasteiger partial charge in [-0.2, -0.15) is 0 Å². The van der Waals surface area contributed by atoms with Crippen molar-refractivity contribution in [3.8, 4) is 0 Å². The molecule has 0 spiro atoms. The molecule has 0 fully saturated rings. The van der Waals surface area contributed by atoms with Gasteiger partial charge < -0.3 is 20.3 Å². The molecule has 332 valence electrons. The van der Waals surface area contributed by atoms with E-state index in [2.05, 4.69) is 19.2 Å². The van der Waals surface area contributed by atoms with Gasteiger partial charge in [-0.1, -0.05) is 238 Å². The lowest BCUT2D eigenvalue weighted by Gasteiger charge is -2.20. The van der Waals surface area contributed by atoms with Gasteiger partial charge in [-0.3, -0.25) is 9.59 Å². The van der Waals surface area contributed by atoms with Crippen molar-refractivity contribution in [1.29, 1.82) is 0 Å². The van der Waals surface area contributed by atoms with Gasteiger partial charge in [-0.05, 0) is 32.1 Å². The molecule has 0 aliphatic rings. The van der Waals surface area contributed by atoms with E-state index in [9.17, 15) is 19.8 Å². The molecule has 2 atom stereocenters. The zero-order valence-corrected chi connectivity index (χ0v) is 37.6. The number of aliphatic hydroxyl groups excluding tert-OH is 2. The Kier molecular flexibility index (Phi) is 45.1. The molecule has 1 amide bonds. The van der Waals surface area contributed by atoms with Gasteiger partial charge in [-0.25, -0.2) is 0 Å². The molecule has 0 aromatic carbocycles. The van der Waals surface area contributed by atoms with Crippen LogP contribution in [0, 0.1) is 0 Å². The third kappa shape index (κ3) is 42.2. The highest BCUT2D eigenvalue weighted by Gasteiger charge is 2.18. The van der Waals surface area contributed by atoms with Crippen LogP contribution in [-0.4, -0.2) is 47.4 Å². The molecule has 0 aliphatic carbocycles. The molecule has 3 N–H and O–H groups in total. The van der Waals surface area contributed by atoms with Crippen molar-refractivity contribution in [3.05, 3.63) is 12.2 Å². The molecule has 56 heavy (non-hydrogen) atoms. The summed E-state index contributed by atoms with van der Waals surface area (Å²) in [5.74, 6) is -0.101. The monoisotopic (exact) mass is 792 g/mol. The second kappa shape index (κ2) is 46.3. The van der Waals surface area contributed by atoms with Crippen LogP contribution < -0.4 is 5.32 Å². The Morgan fingerprint density at radius 3 is 1.21 bits per heavy atom. The van der Waals surface area contributed by atoms with Crippen molar-refractivity contribution in [2.75, 3.05) is 13.2 Å². The van der Waals surface area contributed by atoms with Crippen LogP contribution in [0.2, 0.25) is 0 Å². The minimum absolute atomic E-state index is 0.0156. The number of hydrogen-bond donors (Lipinski definition) is 3. The van der Waals surface area contributed by atoms with Gasteiger partial charge >= 0.3 is 5.97 Å². The van der Waals surface area contributed by atoms with Crippen molar-refractivity contribution >= 4 is 11.9 Å². The highest BCUT2D eigenvalue weighted by atomic mass is 16.5. The summed E-state index contributed by atoms with van der Waals surface area (Å²) in [6.45, 7) is 4.86. The Morgan fingerprint density at radius 2 is 0.821 bits per heavy atom. The molecule has 2 unspecified atom stereocenters. The minimum atomic E-state index is -0.855. The van der Waals surface area contributed by atoms with Crippen molar-refractivity contribution in [2.45, 2.75) is 283 Å². The second-order valence-electron chi connectivity index (χ2n) is 17.2. The highest BCUT2D eigenvalue weighted by Crippen LogP contribution is 2.16. The number of ether oxygens (including phenoxy) is 1. The predicted molar refractivity (Wildman–Crippen MR) is 241 cm³/mol. The van der Waals surface area contributed by atoms with Crippen molar-refractivity contribution in [2.24, 2.45) is 0 Å². The molecule has 0 saturated carbocycles. The Hall–Kier alpha value is -1.40. The molecule has 0 saturated heterocycles. The van der Waals surface area contributed by atoms with Gasteiger partial charge in [0.25, 0.3) is 0 Å². The van der Waals surface area contributed by atoms with E-state index < -0.39 is 12.1 Å². The van der Waals surface area contributed by atoms with Gasteiger partial charge in [0.05, 0.1) is 25.4 Å². The summed E-state index contributed by atoms with van der Waals surface area (Å²) in [6, 6.07) is -0.640. The molecule has 0 heterocycles. The number of carbonyl (C=O) groups is 2. The summed E-state index contributed by atoms with van der Waals surface area (Å²) in [5.41, 5.74) is 0. The zero-order valence-electron chi connectivity index (χ0n) is 37.6. The lowest BCUT2D eigenvalue weighted by molar-refractivity contribution is -0.143. The Morgan fingerprint density at radius 1 is 0.482 bits per heavy atom. The Balaban J connectivity index is 3.52. The maximum Gasteiger partial charge on any atom is 0.305 e. The van der Waals surface area contributed by atoms with Gasteiger partial charge in [0.1, 0.15) is 0 Å². The fourth-order valence-electron chi connectivity index (χ4n) is 7.69. The number of unbranched alkanes of at least 4 members (excludes halogenated alkanes) is 35. The second-order valence-corrected chi connectivity index (χ2v) is 17.2. The lowest BCUT2D eigenvalue weighted by Crippen LogP contribution is -2.45. The quantitative estimate of drug-likeness (QED) is 0.0324. The standard InChI is InChI=1S/C50H97NO5/c1-3-5-7-9-11-13-15-16-17-18-19-20-23-26-30-34-38-42-48(53)47(46-52)51-49(54)43-39-35-31-27-24-21-25-29-33-37-41-45-56-50(55)44-40-36-32-28-22-14-12-10-8-6-4-2/h38,42,47-48,52-53H,3-37,39-41,43-46H2,1-2H3,(H,51,54)/b42-38+. The number of esters is 1. The zero-order chi connectivity index (χ0) is 40.8. The topological polar surface area (TPSA) is 95.9 Å². The summed E-state index contributed by atoms with van der Waals surface area (Å²) in [6.07, 6.45) is 52.0. The van der Waals surface area contributed by atoms with Crippen LogP contribution in [-0.2, 0) is 14.3 Å². The number of rotatable bonds is 46. The first-order valence-electron chi connectivity index (χ1n) is 25.0. The Labute approximate surface area is 349 Å². The minimum Gasteiger partial charge on any atom is -0.466 e. The number of amides is 1. The van der Waals surface area contributed by atoms with Crippen molar-refractivity contribution < 1.29 is 24.5 Å². The fourth-order valence-corrected chi connectivity index (χ4v) is 7.69. The molecule has 0 bridgehead atoms. The van der Waals surface area contributed by atoms with Crippen molar-refractivity contribution in [1.82, 2.24) is 5.32 Å². The van der Waals surface area contributed by atoms with Crippen LogP contribution in [0.15, 0.2) is 12.2 Å². The normalized spacial score (nSPS) is 12.7. The van der Waals surface area contributed by atoms with Gasteiger partial charge in [-0.15, -0.1) is 0 Å². The van der Waals surface area contributed by atoms with E-state index in [1.54, 1.807) is 6.08 Å². The summed E-state index contributed by atoms with van der Waals surface area (Å²) in [7, 11) is 0. The third-order valence-electron chi connectivity index (χ3n) is 11.6. The van der Waals surface area contributed by atoms with Crippen LogP contribution in [0.25, 0.3) is 0 Å². The summed E-state index contributed by atoms with van der Waals surface area (Å²) < 4.78 is 5.44. The smallest absolute Gasteiger partial charge is 0.305 e. The summed E-state index contributed by atoms with van der Waals surface area (Å²) in [5, 5.41) is 23.1. The van der Waals surface area contributed by atoms with Gasteiger partial charge in [0, 0.05) is 12.8 Å². The summed E-state index contributed by atoms with van der Waals surface area (Å²) in [4.78, 5) is 24.4.